The van der Waals surface area contributed by atoms with E-state index in [0.717, 1.165) is 31.5 Å². The van der Waals surface area contributed by atoms with Crippen LogP contribution in [0.15, 0.2) is 59.5 Å². The van der Waals surface area contributed by atoms with Gasteiger partial charge in [0.05, 0.1) is 6.04 Å². The molecule has 3 heterocycles. The van der Waals surface area contributed by atoms with Gasteiger partial charge in [0.2, 0.25) is 0 Å². The number of benzene rings is 2. The van der Waals surface area contributed by atoms with Crippen molar-refractivity contribution >= 4 is 27.7 Å². The molecule has 1 saturated heterocycles. The lowest BCUT2D eigenvalue weighted by molar-refractivity contribution is 0.0698. The molecule has 0 bridgehead atoms. The summed E-state index contributed by atoms with van der Waals surface area (Å²) in [4.78, 5) is 18.5. The summed E-state index contributed by atoms with van der Waals surface area (Å²) < 4.78 is 5.77. The molecule has 1 aliphatic heterocycles. The molecular weight excluding hydrogens is 380 g/mol. The van der Waals surface area contributed by atoms with E-state index < -0.39 is 5.97 Å². The maximum atomic E-state index is 12.0. The number of aromatic carboxylic acids is 1. The quantitative estimate of drug-likeness (QED) is 0.502. The molecule has 0 radical (unpaired) electrons. The largest absolute Gasteiger partial charge is 0.507 e. The van der Waals surface area contributed by atoms with E-state index in [2.05, 4.69) is 9.88 Å². The van der Waals surface area contributed by atoms with E-state index in [4.69, 9.17) is 4.42 Å². The molecule has 152 valence electrons. The minimum absolute atomic E-state index is 0.0668. The summed E-state index contributed by atoms with van der Waals surface area (Å²) >= 11 is 0. The molecule has 4 aromatic rings. The monoisotopic (exact) mass is 402 g/mol. The second-order valence-electron chi connectivity index (χ2n) is 7.75. The Balaban J connectivity index is 1.89. The van der Waals surface area contributed by atoms with Crippen molar-refractivity contribution in [1.82, 2.24) is 9.88 Å². The molecule has 0 saturated carbocycles. The minimum Gasteiger partial charge on any atom is -0.507 e. The molecule has 0 amide bonds. The Morgan fingerprint density at radius 2 is 1.73 bits per heavy atom. The average molecular weight is 402 g/mol. The first kappa shape index (κ1) is 18.6. The van der Waals surface area contributed by atoms with Crippen LogP contribution in [0.2, 0.25) is 0 Å². The van der Waals surface area contributed by atoms with Crippen molar-refractivity contribution in [3.8, 4) is 5.75 Å². The predicted molar refractivity (Wildman–Crippen MR) is 114 cm³/mol. The molecular formula is C24H22N2O4. The van der Waals surface area contributed by atoms with Crippen molar-refractivity contribution in [2.24, 2.45) is 0 Å². The third kappa shape index (κ3) is 2.92. The number of hydrogen-bond donors (Lipinski definition) is 2. The minimum atomic E-state index is -1.07. The van der Waals surface area contributed by atoms with E-state index in [1.807, 2.05) is 36.4 Å². The van der Waals surface area contributed by atoms with Gasteiger partial charge in [0.15, 0.2) is 0 Å². The summed E-state index contributed by atoms with van der Waals surface area (Å²) in [5.74, 6) is -0.966. The second-order valence-corrected chi connectivity index (χ2v) is 7.75. The summed E-state index contributed by atoms with van der Waals surface area (Å²) in [5.41, 5.74) is 2.11. The van der Waals surface area contributed by atoms with Crippen molar-refractivity contribution in [3.63, 3.8) is 0 Å². The van der Waals surface area contributed by atoms with E-state index in [9.17, 15) is 15.0 Å². The lowest BCUT2D eigenvalue weighted by Gasteiger charge is -2.36. The van der Waals surface area contributed by atoms with Gasteiger partial charge in [0.25, 0.3) is 0 Å². The Bertz CT molecular complexity index is 1230. The number of aromatic nitrogens is 1. The highest BCUT2D eigenvalue weighted by Gasteiger charge is 2.32. The smallest absolute Gasteiger partial charge is 0.339 e. The van der Waals surface area contributed by atoms with Crippen LogP contribution in [0.4, 0.5) is 0 Å². The molecule has 2 aromatic carbocycles. The summed E-state index contributed by atoms with van der Waals surface area (Å²) in [7, 11) is 0. The Morgan fingerprint density at radius 1 is 1.03 bits per heavy atom. The van der Waals surface area contributed by atoms with Crippen molar-refractivity contribution in [2.75, 3.05) is 13.1 Å². The molecule has 6 nitrogen and oxygen atoms in total. The van der Waals surface area contributed by atoms with Crippen molar-refractivity contribution < 1.29 is 19.4 Å². The predicted octanol–water partition coefficient (Wildman–Crippen LogP) is 4.96. The summed E-state index contributed by atoms with van der Waals surface area (Å²) in [5, 5.41) is 23.1. The third-order valence-corrected chi connectivity index (χ3v) is 6.02. The van der Waals surface area contributed by atoms with Gasteiger partial charge < -0.3 is 14.6 Å². The van der Waals surface area contributed by atoms with Gasteiger partial charge >= 0.3 is 5.97 Å². The molecule has 0 aliphatic carbocycles. The molecule has 2 N–H and O–H groups in total. The third-order valence-electron chi connectivity index (χ3n) is 6.02. The number of carboxylic acids is 1. The molecule has 5 rings (SSSR count). The van der Waals surface area contributed by atoms with Gasteiger partial charge in [-0.05, 0) is 43.6 Å². The van der Waals surface area contributed by atoms with Crippen LogP contribution in [0, 0.1) is 0 Å². The Morgan fingerprint density at radius 3 is 2.43 bits per heavy atom. The summed E-state index contributed by atoms with van der Waals surface area (Å²) in [6.45, 7) is 1.75. The fourth-order valence-electron chi connectivity index (χ4n) is 4.68. The van der Waals surface area contributed by atoms with E-state index in [-0.39, 0.29) is 17.4 Å². The Kier molecular flexibility index (Phi) is 4.64. The number of furan rings is 1. The first-order chi connectivity index (χ1) is 14.7. The number of pyridine rings is 1. The number of phenols is 1. The number of rotatable bonds is 4. The lowest BCUT2D eigenvalue weighted by atomic mass is 9.88. The molecule has 30 heavy (non-hydrogen) atoms. The summed E-state index contributed by atoms with van der Waals surface area (Å²) in [6.07, 6.45) is 8.05. The highest BCUT2D eigenvalue weighted by Crippen LogP contribution is 2.46. The number of carboxylic acid groups (broad SMARTS) is 1. The molecule has 1 fully saturated rings. The van der Waals surface area contributed by atoms with Crippen molar-refractivity contribution in [2.45, 2.75) is 25.3 Å². The van der Waals surface area contributed by atoms with Crippen LogP contribution in [-0.4, -0.2) is 39.2 Å². The van der Waals surface area contributed by atoms with E-state index >= 15 is 0 Å². The zero-order chi connectivity index (χ0) is 20.7. The maximum absolute atomic E-state index is 12.0. The Labute approximate surface area is 173 Å². The van der Waals surface area contributed by atoms with Crippen LogP contribution in [0.25, 0.3) is 21.7 Å². The summed E-state index contributed by atoms with van der Waals surface area (Å²) in [6, 6.07) is 11.0. The van der Waals surface area contributed by atoms with Gasteiger partial charge in [0.1, 0.15) is 23.2 Å². The SMILES string of the molecule is O=C(O)c1coc2c1c(C(c1ccncc1)N1CCCCC1)c(O)c1ccccc12. The number of fused-ring (bicyclic) bond motifs is 3. The van der Waals surface area contributed by atoms with Gasteiger partial charge in [-0.1, -0.05) is 30.7 Å². The molecule has 2 aromatic heterocycles. The van der Waals surface area contributed by atoms with E-state index in [1.54, 1.807) is 12.4 Å². The zero-order valence-corrected chi connectivity index (χ0v) is 16.4. The highest BCUT2D eigenvalue weighted by molar-refractivity contribution is 6.15. The van der Waals surface area contributed by atoms with Crippen LogP contribution in [0.1, 0.15) is 46.8 Å². The zero-order valence-electron chi connectivity index (χ0n) is 16.4. The van der Waals surface area contributed by atoms with Gasteiger partial charge in [-0.3, -0.25) is 9.88 Å². The van der Waals surface area contributed by atoms with Crippen molar-refractivity contribution in [1.29, 1.82) is 0 Å². The topological polar surface area (TPSA) is 86.8 Å². The van der Waals surface area contributed by atoms with Crippen LogP contribution in [0.3, 0.4) is 0 Å². The number of piperidine rings is 1. The highest BCUT2D eigenvalue weighted by atomic mass is 16.4. The standard InChI is InChI=1S/C24H22N2O4/c27-22-16-6-2-3-7-17(16)23-19(18(14-30-23)24(28)29)20(22)21(15-8-10-25-11-9-15)26-12-4-1-5-13-26/h2-3,6-11,14,21,27H,1,4-5,12-13H2,(H,28,29). The van der Waals surface area contributed by atoms with Crippen molar-refractivity contribution in [3.05, 3.63) is 71.7 Å². The number of phenolic OH excluding ortho intramolecular Hbond substituents is 1. The van der Waals surface area contributed by atoms with E-state index in [0.29, 0.717) is 27.3 Å². The molecule has 0 spiro atoms. The normalized spacial score (nSPS) is 16.1. The molecule has 6 heteroatoms. The van der Waals surface area contributed by atoms with Crippen LogP contribution < -0.4 is 0 Å². The first-order valence-corrected chi connectivity index (χ1v) is 10.2. The van der Waals surface area contributed by atoms with Gasteiger partial charge in [-0.15, -0.1) is 0 Å². The lowest BCUT2D eigenvalue weighted by Crippen LogP contribution is -2.34. The number of hydrogen-bond acceptors (Lipinski definition) is 5. The fraction of sp³-hybridized carbons (Fsp3) is 0.250. The number of aromatic hydroxyl groups is 1. The number of carbonyl (C=O) groups is 1. The van der Waals surface area contributed by atoms with Gasteiger partial charge in [-0.2, -0.15) is 0 Å². The molecule has 1 aliphatic rings. The number of nitrogens with zero attached hydrogens (tertiary/aromatic N) is 2. The van der Waals surface area contributed by atoms with Crippen LogP contribution >= 0.6 is 0 Å². The van der Waals surface area contributed by atoms with Gasteiger partial charge in [-0.25, -0.2) is 4.79 Å². The second kappa shape index (κ2) is 7.46. The molecule has 1 unspecified atom stereocenters. The molecule has 1 atom stereocenters. The van der Waals surface area contributed by atoms with E-state index in [1.165, 1.54) is 12.7 Å². The Hall–Kier alpha value is -3.38. The number of likely N-dealkylation sites (tertiary alicyclic amines) is 1. The first-order valence-electron chi connectivity index (χ1n) is 10.2. The van der Waals surface area contributed by atoms with Crippen LogP contribution in [0.5, 0.6) is 5.75 Å². The average Bonchev–Trinajstić information content (AvgIpc) is 3.23. The van der Waals surface area contributed by atoms with Gasteiger partial charge in [0, 0.05) is 34.1 Å². The fourth-order valence-corrected chi connectivity index (χ4v) is 4.68. The van der Waals surface area contributed by atoms with Crippen LogP contribution in [-0.2, 0) is 0 Å². The maximum Gasteiger partial charge on any atom is 0.339 e.